The number of rotatable bonds is 7. The van der Waals surface area contributed by atoms with Crippen LogP contribution in [0.5, 0.6) is 0 Å². The summed E-state index contributed by atoms with van der Waals surface area (Å²) in [5.74, 6) is -1.68. The third kappa shape index (κ3) is 9.03. The van der Waals surface area contributed by atoms with E-state index < -0.39 is 24.0 Å². The summed E-state index contributed by atoms with van der Waals surface area (Å²) in [5, 5.41) is 16.8. The summed E-state index contributed by atoms with van der Waals surface area (Å²) in [5.41, 5.74) is 10.4. The number of carboxylic acids is 2. The molecular weight excluding hydrogens is 284 g/mol. The third-order valence-corrected chi connectivity index (χ3v) is 3.69. The van der Waals surface area contributed by atoms with Crippen LogP contribution in [0.4, 0.5) is 0 Å². The molecule has 0 heterocycles. The van der Waals surface area contributed by atoms with Gasteiger partial charge >= 0.3 is 11.9 Å². The van der Waals surface area contributed by atoms with Gasteiger partial charge in [0.05, 0.1) is 0 Å². The van der Waals surface area contributed by atoms with E-state index in [2.05, 4.69) is 0 Å². The zero-order valence-corrected chi connectivity index (χ0v) is 10.3. The van der Waals surface area contributed by atoms with Crippen molar-refractivity contribution in [3.05, 3.63) is 0 Å². The minimum Gasteiger partial charge on any atom is -0.480 e. The van der Waals surface area contributed by atoms with Crippen LogP contribution < -0.4 is 11.5 Å². The number of carbonyl (C=O) groups is 2. The van der Waals surface area contributed by atoms with Gasteiger partial charge in [0.25, 0.3) is 0 Å². The van der Waals surface area contributed by atoms with Gasteiger partial charge in [0.15, 0.2) is 0 Å². The second-order valence-corrected chi connectivity index (χ2v) is 5.01. The first-order valence-corrected chi connectivity index (χ1v) is 6.15. The summed E-state index contributed by atoms with van der Waals surface area (Å²) in [6.45, 7) is 0. The molecule has 0 rings (SSSR count). The van der Waals surface area contributed by atoms with Gasteiger partial charge in [-0.15, -0.1) is 0 Å². The molecule has 0 aromatic rings. The first-order chi connectivity index (χ1) is 6.45. The zero-order valence-electron chi connectivity index (χ0n) is 7.60. The first kappa shape index (κ1) is 17.5. The molecule has 0 aliphatic rings. The molecule has 0 fully saturated rings. The van der Waals surface area contributed by atoms with E-state index in [-0.39, 0.29) is 28.6 Å². The van der Waals surface area contributed by atoms with E-state index in [1.807, 2.05) is 0 Å². The molecule has 0 amide bonds. The van der Waals surface area contributed by atoms with Gasteiger partial charge in [0.2, 0.25) is 0 Å². The fourth-order valence-electron chi connectivity index (χ4n) is 0.385. The predicted octanol–water partition coefficient (Wildman–Crippen LogP) is -0.811. The Morgan fingerprint density at radius 3 is 1.47 bits per heavy atom. The predicted molar refractivity (Wildman–Crippen MR) is 56.1 cm³/mol. The maximum Gasteiger partial charge on any atom is 0.321 e. The molecule has 90 valence electrons. The van der Waals surface area contributed by atoms with Gasteiger partial charge in [0.1, 0.15) is 12.1 Å². The van der Waals surface area contributed by atoms with Crippen molar-refractivity contribution in [2.24, 2.45) is 11.5 Å². The molecule has 0 aromatic carbocycles. The summed E-state index contributed by atoms with van der Waals surface area (Å²) < 4.78 is 0. The summed E-state index contributed by atoms with van der Waals surface area (Å²) in [6.07, 6.45) is 0. The Kier molecular flexibility index (Phi) is 10.9. The van der Waals surface area contributed by atoms with E-state index in [1.54, 1.807) is 0 Å². The third-order valence-electron chi connectivity index (χ3n) is 1.21. The quantitative estimate of drug-likeness (QED) is 0.273. The van der Waals surface area contributed by atoms with Crippen LogP contribution in [0.15, 0.2) is 0 Å². The number of nitrogens with two attached hydrogens (primary N) is 2. The van der Waals surface area contributed by atoms with Crippen LogP contribution in [0.1, 0.15) is 0 Å². The molecule has 0 radical (unpaired) electrons. The number of carboxylic acid groups (broad SMARTS) is 2. The van der Waals surface area contributed by atoms with Crippen molar-refractivity contribution in [3.63, 3.8) is 0 Å². The molecule has 0 spiro atoms. The second-order valence-electron chi connectivity index (χ2n) is 2.46. The molecule has 0 saturated carbocycles. The Morgan fingerprint density at radius 1 is 1.00 bits per heavy atom. The summed E-state index contributed by atoms with van der Waals surface area (Å²) in [4.78, 5) is 20.5. The molecule has 6 nitrogen and oxygen atoms in total. The normalized spacial score (nSPS) is 13.7. The monoisotopic (exact) mass is 296 g/mol. The Morgan fingerprint density at radius 2 is 1.27 bits per heavy atom. The van der Waals surface area contributed by atoms with Crippen molar-refractivity contribution in [1.82, 2.24) is 0 Å². The second kappa shape index (κ2) is 9.32. The molecular formula is C6H12FeN2O4S2. The van der Waals surface area contributed by atoms with Gasteiger partial charge in [-0.05, 0) is 0 Å². The molecule has 6 N–H and O–H groups in total. The van der Waals surface area contributed by atoms with Crippen molar-refractivity contribution in [2.75, 3.05) is 11.5 Å². The number of hydrogen-bond acceptors (Lipinski definition) is 6. The average Bonchev–Trinajstić information content (AvgIpc) is 2.11. The summed E-state index contributed by atoms with van der Waals surface area (Å²) in [6, 6.07) is -1.85. The molecule has 0 unspecified atom stereocenters. The van der Waals surface area contributed by atoms with Gasteiger partial charge in [-0.2, -0.15) is 0 Å². The van der Waals surface area contributed by atoms with Crippen LogP contribution in [0.3, 0.4) is 0 Å². The molecule has 0 saturated heterocycles. The van der Waals surface area contributed by atoms with Crippen molar-refractivity contribution >= 4 is 33.5 Å². The molecule has 2 atom stereocenters. The molecule has 0 bridgehead atoms. The summed E-state index contributed by atoms with van der Waals surface area (Å²) >= 11 is 0. The van der Waals surface area contributed by atoms with Crippen LogP contribution >= 0.6 is 21.6 Å². The van der Waals surface area contributed by atoms with E-state index in [1.165, 1.54) is 21.6 Å². The van der Waals surface area contributed by atoms with Crippen molar-refractivity contribution in [3.8, 4) is 0 Å². The van der Waals surface area contributed by atoms with Crippen molar-refractivity contribution in [1.29, 1.82) is 0 Å². The zero-order chi connectivity index (χ0) is 11.1. The van der Waals surface area contributed by atoms with Crippen LogP contribution in [0, 0.1) is 0 Å². The van der Waals surface area contributed by atoms with Crippen LogP contribution in [0.25, 0.3) is 0 Å². The molecule has 9 heteroatoms. The SMILES string of the molecule is N[C@@H](CSSC[C@H](N)C(=O)O)C(=O)O.[Fe]. The van der Waals surface area contributed by atoms with Gasteiger partial charge in [-0.25, -0.2) is 0 Å². The van der Waals surface area contributed by atoms with E-state index in [4.69, 9.17) is 21.7 Å². The Labute approximate surface area is 105 Å². The largest absolute Gasteiger partial charge is 0.480 e. The Hall–Kier alpha value is 0.0795. The maximum atomic E-state index is 10.3. The van der Waals surface area contributed by atoms with Crippen molar-refractivity contribution in [2.45, 2.75) is 12.1 Å². The standard InChI is InChI=1S/C6H12N2O4S2.Fe/c7-3(5(9)10)1-13-14-2-4(8)6(11)12;/h3-4H,1-2,7-8H2,(H,9,10)(H,11,12);/t3-,4-;/m0./s1. The fraction of sp³-hybridized carbons (Fsp3) is 0.667. The topological polar surface area (TPSA) is 127 Å². The Bertz CT molecular complexity index is 197. The molecule has 0 aromatic heterocycles. The van der Waals surface area contributed by atoms with E-state index >= 15 is 0 Å². The molecule has 0 aliphatic heterocycles. The van der Waals surface area contributed by atoms with Crippen LogP contribution in [-0.2, 0) is 26.7 Å². The number of aliphatic carboxylic acids is 2. The molecule has 0 aliphatic carbocycles. The average molecular weight is 296 g/mol. The fourth-order valence-corrected chi connectivity index (χ4v) is 2.61. The van der Waals surface area contributed by atoms with Crippen molar-refractivity contribution < 1.29 is 36.9 Å². The summed E-state index contributed by atoms with van der Waals surface area (Å²) in [7, 11) is 2.41. The Balaban J connectivity index is 0. The minimum atomic E-state index is -1.07. The van der Waals surface area contributed by atoms with Gasteiger partial charge < -0.3 is 21.7 Å². The van der Waals surface area contributed by atoms with Crippen LogP contribution in [0.2, 0.25) is 0 Å². The van der Waals surface area contributed by atoms with Gasteiger partial charge in [-0.3, -0.25) is 9.59 Å². The minimum absolute atomic E-state index is 0. The van der Waals surface area contributed by atoms with E-state index in [0.717, 1.165) is 0 Å². The number of hydrogen-bond donors (Lipinski definition) is 4. The van der Waals surface area contributed by atoms with Gasteiger partial charge in [-0.1, -0.05) is 21.6 Å². The first-order valence-electron chi connectivity index (χ1n) is 3.66. The van der Waals surface area contributed by atoms with Gasteiger partial charge in [0, 0.05) is 28.6 Å². The smallest absolute Gasteiger partial charge is 0.321 e. The van der Waals surface area contributed by atoms with E-state index in [0.29, 0.717) is 0 Å². The van der Waals surface area contributed by atoms with E-state index in [9.17, 15) is 9.59 Å². The molecule has 15 heavy (non-hydrogen) atoms. The van der Waals surface area contributed by atoms with Crippen LogP contribution in [-0.4, -0.2) is 45.7 Å². The maximum absolute atomic E-state index is 10.3.